The van der Waals surface area contributed by atoms with E-state index in [1.807, 2.05) is 0 Å². The van der Waals surface area contributed by atoms with Gasteiger partial charge in [0.15, 0.2) is 12.2 Å². The van der Waals surface area contributed by atoms with Crippen molar-refractivity contribution in [1.29, 1.82) is 0 Å². The molecule has 0 radical (unpaired) electrons. The predicted octanol–water partition coefficient (Wildman–Crippen LogP) is 26.9. The normalized spacial score (nSPS) is 14.1. The number of carbonyl (C=O) groups is 4. The highest BCUT2D eigenvalue weighted by Crippen LogP contribution is 2.45. The van der Waals surface area contributed by atoms with Crippen molar-refractivity contribution in [3.63, 3.8) is 0 Å². The maximum Gasteiger partial charge on any atom is 0.472 e. The molecule has 17 nitrogen and oxygen atoms in total. The van der Waals surface area contributed by atoms with Gasteiger partial charge in [-0.05, 0) is 43.4 Å². The molecule has 19 heteroatoms. The van der Waals surface area contributed by atoms with Crippen molar-refractivity contribution in [3.8, 4) is 0 Å². The molecule has 0 aliphatic carbocycles. The largest absolute Gasteiger partial charge is 0.472 e. The van der Waals surface area contributed by atoms with Crippen LogP contribution < -0.4 is 0 Å². The van der Waals surface area contributed by atoms with Crippen LogP contribution in [0.2, 0.25) is 0 Å². The van der Waals surface area contributed by atoms with Crippen LogP contribution in [0.5, 0.6) is 0 Å². The number of ether oxygens (including phenoxy) is 4. The summed E-state index contributed by atoms with van der Waals surface area (Å²) in [4.78, 5) is 73.3. The molecular weight excluding hydrogens is 1390 g/mol. The Morgan fingerprint density at radius 3 is 0.710 bits per heavy atom. The maximum atomic E-state index is 13.2. The standard InChI is InChI=1S/C88H172O17P2/c1-8-10-11-12-13-14-15-16-17-18-19-20-25-31-36-41-50-57-64-71-87(92)104-83(75-98-85(90)69-62-55-48-40-35-30-26-21-23-28-33-38-45-52-59-66-79(3)4)77-102-106(94,95)100-73-82(89)74-101-107(96,97)103-78-84(76-99-86(91)70-63-56-49-44-43-47-54-61-68-81(7)9-2)105-88(93)72-65-58-51-42-37-32-27-22-24-29-34-39-46-53-60-67-80(5)6/h79-84,89H,8-78H2,1-7H3,(H,94,95)(H,96,97)/t81?,82-,83-,84-/m1/s1. The van der Waals surface area contributed by atoms with Crippen LogP contribution in [0.15, 0.2) is 0 Å². The van der Waals surface area contributed by atoms with E-state index in [1.54, 1.807) is 0 Å². The third-order valence-corrected chi connectivity index (χ3v) is 22.9. The smallest absolute Gasteiger partial charge is 0.462 e. The summed E-state index contributed by atoms with van der Waals surface area (Å²) in [6, 6.07) is 0. The topological polar surface area (TPSA) is 237 Å². The molecule has 0 aliphatic heterocycles. The molecule has 107 heavy (non-hydrogen) atoms. The highest BCUT2D eigenvalue weighted by Gasteiger charge is 2.31. The van der Waals surface area contributed by atoms with Crippen molar-refractivity contribution in [2.75, 3.05) is 39.6 Å². The van der Waals surface area contributed by atoms with Gasteiger partial charge in [-0.3, -0.25) is 37.3 Å². The summed E-state index contributed by atoms with van der Waals surface area (Å²) in [5, 5.41) is 10.7. The molecule has 0 fully saturated rings. The Morgan fingerprint density at radius 2 is 0.477 bits per heavy atom. The first-order valence-corrected chi connectivity index (χ1v) is 48.4. The van der Waals surface area contributed by atoms with Crippen molar-refractivity contribution >= 4 is 39.5 Å². The van der Waals surface area contributed by atoms with Crippen LogP contribution in [0, 0.1) is 17.8 Å². The number of rotatable bonds is 86. The van der Waals surface area contributed by atoms with E-state index in [4.69, 9.17) is 37.0 Å². The molecular formula is C88H172O17P2. The Labute approximate surface area is 658 Å². The summed E-state index contributed by atoms with van der Waals surface area (Å²) in [6.07, 6.45) is 69.3. The van der Waals surface area contributed by atoms with Gasteiger partial charge in [0.2, 0.25) is 0 Å². The van der Waals surface area contributed by atoms with E-state index >= 15 is 0 Å². The summed E-state index contributed by atoms with van der Waals surface area (Å²) in [5.41, 5.74) is 0. The van der Waals surface area contributed by atoms with Gasteiger partial charge in [-0.15, -0.1) is 0 Å². The molecule has 0 spiro atoms. The Hall–Kier alpha value is -1.94. The Bertz CT molecular complexity index is 2060. The summed E-state index contributed by atoms with van der Waals surface area (Å²) >= 11 is 0. The number of hydrogen-bond donors (Lipinski definition) is 3. The number of esters is 4. The number of unbranched alkanes of at least 4 members (excludes halogenated alkanes) is 53. The fourth-order valence-electron chi connectivity index (χ4n) is 13.7. The zero-order valence-electron chi connectivity index (χ0n) is 70.6. The van der Waals surface area contributed by atoms with Crippen LogP contribution >= 0.6 is 15.6 Å². The molecule has 0 bridgehead atoms. The average Bonchev–Trinajstić information content (AvgIpc) is 0.904. The van der Waals surface area contributed by atoms with Crippen molar-refractivity contribution in [2.24, 2.45) is 17.8 Å². The Morgan fingerprint density at radius 1 is 0.271 bits per heavy atom. The lowest BCUT2D eigenvalue weighted by atomic mass is 9.99. The van der Waals surface area contributed by atoms with Gasteiger partial charge >= 0.3 is 39.5 Å². The SMILES string of the molecule is CCCCCCCCCCCCCCCCCCCCCC(=O)O[C@H](COC(=O)CCCCCCCCCCCCCCCCCC(C)C)COP(=O)(O)OC[C@@H](O)COP(=O)(O)OC[C@@H](COC(=O)CCCCCCCCCCC(C)CC)OC(=O)CCCCCCCCCCCCCCCCCC(C)C. The summed E-state index contributed by atoms with van der Waals surface area (Å²) < 4.78 is 69.0. The quantitative estimate of drug-likeness (QED) is 0.0222. The van der Waals surface area contributed by atoms with Crippen molar-refractivity contribution < 1.29 is 80.2 Å². The summed E-state index contributed by atoms with van der Waals surface area (Å²) in [5.74, 6) is 0.285. The third-order valence-electron chi connectivity index (χ3n) is 21.0. The lowest BCUT2D eigenvalue weighted by Crippen LogP contribution is -2.30. The Balaban J connectivity index is 5.26. The molecule has 0 aromatic carbocycles. The number of phosphoric ester groups is 2. The molecule has 3 N–H and O–H groups in total. The van der Waals surface area contributed by atoms with Crippen molar-refractivity contribution in [3.05, 3.63) is 0 Å². The van der Waals surface area contributed by atoms with Crippen LogP contribution in [-0.2, 0) is 65.4 Å². The van der Waals surface area contributed by atoms with Crippen LogP contribution in [0.25, 0.3) is 0 Å². The minimum atomic E-state index is -4.97. The van der Waals surface area contributed by atoms with Gasteiger partial charge in [0.05, 0.1) is 26.4 Å². The lowest BCUT2D eigenvalue weighted by Gasteiger charge is -2.21. The zero-order chi connectivity index (χ0) is 78.6. The fourth-order valence-corrected chi connectivity index (χ4v) is 15.3. The van der Waals surface area contributed by atoms with Crippen LogP contribution in [0.3, 0.4) is 0 Å². The van der Waals surface area contributed by atoms with Gasteiger partial charge in [-0.1, -0.05) is 414 Å². The monoisotopic (exact) mass is 1560 g/mol. The van der Waals surface area contributed by atoms with Gasteiger partial charge in [0.1, 0.15) is 19.3 Å². The third kappa shape index (κ3) is 80.5. The molecule has 636 valence electrons. The molecule has 3 unspecified atom stereocenters. The molecule has 0 aromatic rings. The predicted molar refractivity (Wildman–Crippen MR) is 441 cm³/mol. The van der Waals surface area contributed by atoms with E-state index in [0.717, 1.165) is 108 Å². The highest BCUT2D eigenvalue weighted by molar-refractivity contribution is 7.47. The zero-order valence-corrected chi connectivity index (χ0v) is 72.4. The maximum absolute atomic E-state index is 13.2. The molecule has 0 aromatic heterocycles. The second-order valence-electron chi connectivity index (χ2n) is 32.8. The molecule has 0 saturated heterocycles. The van der Waals surface area contributed by atoms with Gasteiger partial charge < -0.3 is 33.8 Å². The summed E-state index contributed by atoms with van der Waals surface area (Å²) in [7, 11) is -9.93. The molecule has 0 rings (SSSR count). The number of phosphoric acid groups is 2. The number of hydrogen-bond acceptors (Lipinski definition) is 15. The van der Waals surface area contributed by atoms with E-state index in [2.05, 4.69) is 48.5 Å². The molecule has 0 amide bonds. The first-order chi connectivity index (χ1) is 51.8. The number of aliphatic hydroxyl groups is 1. The van der Waals surface area contributed by atoms with Crippen molar-refractivity contribution in [1.82, 2.24) is 0 Å². The number of carbonyl (C=O) groups excluding carboxylic acids is 4. The van der Waals surface area contributed by atoms with Crippen LogP contribution in [-0.4, -0.2) is 96.7 Å². The minimum absolute atomic E-state index is 0.107. The van der Waals surface area contributed by atoms with Gasteiger partial charge in [0.25, 0.3) is 0 Å². The summed E-state index contributed by atoms with van der Waals surface area (Å²) in [6.45, 7) is 12.1. The molecule has 0 saturated carbocycles. The second-order valence-corrected chi connectivity index (χ2v) is 35.7. The van der Waals surface area contributed by atoms with E-state index in [9.17, 15) is 43.2 Å². The molecule has 0 heterocycles. The number of aliphatic hydroxyl groups excluding tert-OH is 1. The van der Waals surface area contributed by atoms with E-state index in [0.29, 0.717) is 25.7 Å². The minimum Gasteiger partial charge on any atom is -0.462 e. The molecule has 6 atom stereocenters. The van der Waals surface area contributed by atoms with Crippen LogP contribution in [0.1, 0.15) is 466 Å². The van der Waals surface area contributed by atoms with E-state index in [-0.39, 0.29) is 25.7 Å². The fraction of sp³-hybridized carbons (Fsp3) is 0.955. The van der Waals surface area contributed by atoms with Crippen molar-refractivity contribution in [2.45, 2.75) is 484 Å². The molecule has 0 aliphatic rings. The highest BCUT2D eigenvalue weighted by atomic mass is 31.2. The lowest BCUT2D eigenvalue weighted by molar-refractivity contribution is -0.161. The van der Waals surface area contributed by atoms with Gasteiger partial charge in [-0.2, -0.15) is 0 Å². The average molecular weight is 1560 g/mol. The Kier molecular flexibility index (Phi) is 76.6. The second kappa shape index (κ2) is 78.0. The first kappa shape index (κ1) is 105. The first-order valence-electron chi connectivity index (χ1n) is 45.4. The van der Waals surface area contributed by atoms with E-state index < -0.39 is 97.5 Å². The van der Waals surface area contributed by atoms with E-state index in [1.165, 1.54) is 276 Å². The van der Waals surface area contributed by atoms with Gasteiger partial charge in [0, 0.05) is 25.7 Å². The van der Waals surface area contributed by atoms with Crippen LogP contribution in [0.4, 0.5) is 0 Å². The van der Waals surface area contributed by atoms with Gasteiger partial charge in [-0.25, -0.2) is 9.13 Å².